The monoisotopic (exact) mass is 500 g/mol. The Morgan fingerprint density at radius 1 is 1.15 bits per heavy atom. The zero-order valence-electron chi connectivity index (χ0n) is 19.0. The molecule has 0 saturated heterocycles. The number of benzene rings is 1. The van der Waals surface area contributed by atoms with E-state index in [1.165, 1.54) is 26.0 Å². The van der Waals surface area contributed by atoms with Crippen LogP contribution in [-0.4, -0.2) is 52.6 Å². The van der Waals surface area contributed by atoms with Crippen molar-refractivity contribution in [3.63, 3.8) is 0 Å². The number of methoxy groups -OCH3 is 2. The van der Waals surface area contributed by atoms with E-state index in [-0.39, 0.29) is 27.1 Å². The van der Waals surface area contributed by atoms with Crippen LogP contribution in [0.5, 0.6) is 0 Å². The summed E-state index contributed by atoms with van der Waals surface area (Å²) in [7, 11) is 2.48. The highest BCUT2D eigenvalue weighted by Crippen LogP contribution is 2.34. The Hall–Kier alpha value is -3.44. The number of hydrogen-bond acceptors (Lipinski definition) is 9. The third-order valence-corrected chi connectivity index (χ3v) is 6.96. The highest BCUT2D eigenvalue weighted by Gasteiger charge is 2.27. The highest BCUT2D eigenvalue weighted by molar-refractivity contribution is 7.99. The second kappa shape index (κ2) is 11.6. The van der Waals surface area contributed by atoms with Crippen LogP contribution in [0.3, 0.4) is 0 Å². The molecule has 0 fully saturated rings. The first-order chi connectivity index (χ1) is 16.4. The van der Waals surface area contributed by atoms with Gasteiger partial charge in [-0.3, -0.25) is 4.79 Å². The Bertz CT molecular complexity index is 1200. The van der Waals surface area contributed by atoms with E-state index in [0.29, 0.717) is 23.7 Å². The number of nitrogens with one attached hydrogen (secondary N) is 1. The molecule has 9 nitrogen and oxygen atoms in total. The lowest BCUT2D eigenvalue weighted by Crippen LogP contribution is -2.16. The first-order valence-electron chi connectivity index (χ1n) is 10.2. The normalized spacial score (nSPS) is 10.6. The molecule has 0 aliphatic heterocycles. The number of amides is 1. The largest absolute Gasteiger partial charge is 0.465 e. The Morgan fingerprint density at radius 2 is 1.85 bits per heavy atom. The third kappa shape index (κ3) is 5.72. The van der Waals surface area contributed by atoms with Crippen molar-refractivity contribution in [2.45, 2.75) is 25.0 Å². The second-order valence-electron chi connectivity index (χ2n) is 7.04. The van der Waals surface area contributed by atoms with Crippen molar-refractivity contribution >= 4 is 45.9 Å². The highest BCUT2D eigenvalue weighted by atomic mass is 32.2. The molecule has 0 radical (unpaired) electrons. The number of thioether (sulfide) groups is 1. The van der Waals surface area contributed by atoms with Gasteiger partial charge in [0, 0.05) is 13.0 Å². The van der Waals surface area contributed by atoms with E-state index in [9.17, 15) is 14.4 Å². The molecule has 0 aliphatic rings. The summed E-state index contributed by atoms with van der Waals surface area (Å²) in [6, 6.07) is 9.90. The van der Waals surface area contributed by atoms with Gasteiger partial charge in [0.25, 0.3) is 0 Å². The number of thiophene rings is 1. The van der Waals surface area contributed by atoms with Crippen LogP contribution in [0.15, 0.2) is 48.1 Å². The molecule has 11 heteroatoms. The number of nitrogens with zero attached hydrogens (tertiary/aromatic N) is 3. The number of anilines is 1. The van der Waals surface area contributed by atoms with Crippen LogP contribution in [0.25, 0.3) is 0 Å². The summed E-state index contributed by atoms with van der Waals surface area (Å²) in [5.74, 6) is -0.829. The molecule has 3 aromatic rings. The van der Waals surface area contributed by atoms with Crippen molar-refractivity contribution in [1.29, 1.82) is 0 Å². The molecule has 1 amide bonds. The quantitative estimate of drug-likeness (QED) is 0.255. The maximum atomic E-state index is 12.7. The molecular formula is C23H24N4O5S2. The molecule has 0 spiro atoms. The van der Waals surface area contributed by atoms with Gasteiger partial charge in [-0.15, -0.1) is 28.1 Å². The number of rotatable bonds is 10. The zero-order chi connectivity index (χ0) is 24.7. The zero-order valence-corrected chi connectivity index (χ0v) is 20.6. The molecule has 34 heavy (non-hydrogen) atoms. The predicted octanol–water partition coefficient (Wildman–Crippen LogP) is 3.73. The van der Waals surface area contributed by atoms with E-state index in [0.717, 1.165) is 22.7 Å². The Kier molecular flexibility index (Phi) is 8.61. The second-order valence-corrected chi connectivity index (χ2v) is 9.00. The van der Waals surface area contributed by atoms with Gasteiger partial charge in [-0.05, 0) is 18.1 Å². The molecular weight excluding hydrogens is 476 g/mol. The minimum atomic E-state index is -0.650. The van der Waals surface area contributed by atoms with Crippen molar-refractivity contribution < 1.29 is 23.9 Å². The fourth-order valence-corrected chi connectivity index (χ4v) is 5.07. The molecule has 0 bridgehead atoms. The SMILES string of the molecule is C=CCn1c(Cc2ccccc2)nnc1SCC(=O)Nc1sc(C(=O)OC)c(C)c1C(=O)OC. The van der Waals surface area contributed by atoms with Gasteiger partial charge >= 0.3 is 11.9 Å². The van der Waals surface area contributed by atoms with Gasteiger partial charge < -0.3 is 19.4 Å². The van der Waals surface area contributed by atoms with E-state index in [4.69, 9.17) is 9.47 Å². The van der Waals surface area contributed by atoms with Gasteiger partial charge in [0.05, 0.1) is 25.5 Å². The van der Waals surface area contributed by atoms with Crippen LogP contribution in [0.4, 0.5) is 5.00 Å². The van der Waals surface area contributed by atoms with E-state index < -0.39 is 11.9 Å². The van der Waals surface area contributed by atoms with Crippen molar-refractivity contribution in [2.24, 2.45) is 0 Å². The van der Waals surface area contributed by atoms with Crippen LogP contribution in [0, 0.1) is 6.92 Å². The number of esters is 2. The first-order valence-corrected chi connectivity index (χ1v) is 12.0. The summed E-state index contributed by atoms with van der Waals surface area (Å²) >= 11 is 2.18. The number of aromatic nitrogens is 3. The summed E-state index contributed by atoms with van der Waals surface area (Å²) < 4.78 is 11.5. The van der Waals surface area contributed by atoms with Gasteiger partial charge in [-0.25, -0.2) is 9.59 Å². The molecule has 1 aromatic carbocycles. The molecule has 0 atom stereocenters. The number of carbonyl (C=O) groups is 3. The minimum Gasteiger partial charge on any atom is -0.465 e. The summed E-state index contributed by atoms with van der Waals surface area (Å²) in [5.41, 5.74) is 1.62. The van der Waals surface area contributed by atoms with E-state index in [1.807, 2.05) is 34.9 Å². The maximum absolute atomic E-state index is 12.7. The minimum absolute atomic E-state index is 0.0196. The Labute approximate surface area is 205 Å². The number of ether oxygens (including phenoxy) is 2. The smallest absolute Gasteiger partial charge is 0.348 e. The van der Waals surface area contributed by atoms with Gasteiger partial charge in [-0.1, -0.05) is 48.2 Å². The fourth-order valence-electron chi connectivity index (χ4n) is 3.18. The van der Waals surface area contributed by atoms with Gasteiger partial charge in [0.2, 0.25) is 5.91 Å². The topological polar surface area (TPSA) is 112 Å². The summed E-state index contributed by atoms with van der Waals surface area (Å²) in [5, 5.41) is 12.0. The summed E-state index contributed by atoms with van der Waals surface area (Å²) in [6.07, 6.45) is 2.34. The third-order valence-electron chi connectivity index (χ3n) is 4.80. The predicted molar refractivity (Wildman–Crippen MR) is 131 cm³/mol. The first kappa shape index (κ1) is 25.2. The van der Waals surface area contributed by atoms with E-state index in [1.54, 1.807) is 13.0 Å². The molecule has 2 heterocycles. The van der Waals surface area contributed by atoms with E-state index in [2.05, 4.69) is 22.1 Å². The Morgan fingerprint density at radius 3 is 2.50 bits per heavy atom. The average molecular weight is 501 g/mol. The lowest BCUT2D eigenvalue weighted by atomic mass is 10.1. The fraction of sp³-hybridized carbons (Fsp3) is 0.261. The van der Waals surface area contributed by atoms with Gasteiger partial charge in [0.1, 0.15) is 15.7 Å². The molecule has 0 aliphatic carbocycles. The molecule has 178 valence electrons. The average Bonchev–Trinajstić information content (AvgIpc) is 3.37. The van der Waals surface area contributed by atoms with Crippen LogP contribution < -0.4 is 5.32 Å². The lowest BCUT2D eigenvalue weighted by molar-refractivity contribution is -0.113. The lowest BCUT2D eigenvalue weighted by Gasteiger charge is -2.08. The van der Waals surface area contributed by atoms with Crippen molar-refractivity contribution in [3.8, 4) is 0 Å². The van der Waals surface area contributed by atoms with E-state index >= 15 is 0 Å². The molecule has 0 unspecified atom stereocenters. The number of carbonyl (C=O) groups excluding carboxylic acids is 3. The molecule has 0 saturated carbocycles. The van der Waals surface area contributed by atoms with Crippen molar-refractivity contribution in [1.82, 2.24) is 14.8 Å². The van der Waals surface area contributed by atoms with Crippen LogP contribution in [0.1, 0.15) is 37.0 Å². The van der Waals surface area contributed by atoms with Crippen LogP contribution >= 0.6 is 23.1 Å². The van der Waals surface area contributed by atoms with Gasteiger partial charge in [-0.2, -0.15) is 0 Å². The van der Waals surface area contributed by atoms with Gasteiger partial charge in [0.15, 0.2) is 5.16 Å². The van der Waals surface area contributed by atoms with Crippen LogP contribution in [0.2, 0.25) is 0 Å². The Balaban J connectivity index is 1.75. The number of hydrogen-bond donors (Lipinski definition) is 1. The van der Waals surface area contributed by atoms with Crippen molar-refractivity contribution in [3.05, 3.63) is 70.4 Å². The summed E-state index contributed by atoms with van der Waals surface area (Å²) in [4.78, 5) is 37.2. The number of allylic oxidation sites excluding steroid dienone is 1. The molecule has 2 aromatic heterocycles. The summed E-state index contributed by atoms with van der Waals surface area (Å²) in [6.45, 7) is 5.90. The molecule has 1 N–H and O–H groups in total. The standard InChI is InChI=1S/C23H24N4O5S2/c1-5-11-27-16(12-15-9-7-6-8-10-15)25-26-23(27)33-13-17(28)24-20-18(21(29)31-3)14(2)19(34-20)22(30)32-4/h5-10H,1,11-13H2,2-4H3,(H,24,28). The molecule has 3 rings (SSSR count). The van der Waals surface area contributed by atoms with Crippen molar-refractivity contribution in [2.75, 3.05) is 25.3 Å². The van der Waals surface area contributed by atoms with Crippen LogP contribution in [-0.2, 0) is 27.2 Å². The maximum Gasteiger partial charge on any atom is 0.348 e.